The van der Waals surface area contributed by atoms with Crippen LogP contribution in [0, 0.1) is 12.5 Å². The number of rotatable bonds is 11. The largest absolute Gasteiger partial charge is 0.355 e. The smallest absolute Gasteiger partial charge is 0.256 e. The minimum Gasteiger partial charge on any atom is -0.355 e. The molecule has 186 valence electrons. The highest BCUT2D eigenvalue weighted by Gasteiger charge is 2.27. The number of aryl methyl sites for hydroxylation is 1. The van der Waals surface area contributed by atoms with Crippen LogP contribution in [0.5, 0.6) is 0 Å². The summed E-state index contributed by atoms with van der Waals surface area (Å²) in [6, 6.07) is 13.7. The van der Waals surface area contributed by atoms with E-state index < -0.39 is 0 Å². The van der Waals surface area contributed by atoms with E-state index in [1.807, 2.05) is 35.0 Å². The Hall–Kier alpha value is -3.37. The monoisotopic (exact) mass is 475 g/mol. The topological polar surface area (TPSA) is 60.3 Å². The van der Waals surface area contributed by atoms with Gasteiger partial charge in [0.1, 0.15) is 0 Å². The lowest BCUT2D eigenvalue weighted by atomic mass is 10.1. The van der Waals surface area contributed by atoms with Gasteiger partial charge in [-0.1, -0.05) is 57.2 Å². The van der Waals surface area contributed by atoms with Gasteiger partial charge in [0, 0.05) is 32.4 Å². The second-order valence-corrected chi connectivity index (χ2v) is 9.53. The lowest BCUT2D eigenvalue weighted by molar-refractivity contribution is -0.145. The highest BCUT2D eigenvalue weighted by Crippen LogP contribution is 2.28. The molecular weight excluding hydrogens is 438 g/mol. The fourth-order valence-electron chi connectivity index (χ4n) is 4.36. The molecule has 0 bridgehead atoms. The molecule has 7 nitrogen and oxygen atoms in total. The SMILES string of the molecule is [C-]#[N+]c1ccc(CC)c(N(CC(=O)NCCCC(C)C)CC(=O)N(C)N2Cc3ccccc3C2)c1. The Kier molecular flexibility index (Phi) is 9.27. The number of carbonyl (C=O) groups excluding carboxylic acids is 2. The third kappa shape index (κ3) is 7.06. The molecule has 0 unspecified atom stereocenters. The minimum atomic E-state index is -0.118. The standard InChI is InChI=1S/C28H37N5O2/c1-6-22-13-14-25(29-4)16-26(22)32(19-27(34)30-15-9-10-21(2)3)20-28(35)31(5)33-17-23-11-7-8-12-24(23)18-33/h7-8,11-14,16,21H,6,9-10,15,17-20H2,1-3,5H3,(H,30,34). The van der Waals surface area contributed by atoms with Crippen molar-refractivity contribution in [1.82, 2.24) is 15.3 Å². The van der Waals surface area contributed by atoms with Crippen molar-refractivity contribution in [3.63, 3.8) is 0 Å². The maximum atomic E-state index is 13.4. The van der Waals surface area contributed by atoms with E-state index >= 15 is 0 Å². The minimum absolute atomic E-state index is 0.0528. The summed E-state index contributed by atoms with van der Waals surface area (Å²) >= 11 is 0. The number of hydrogen-bond acceptors (Lipinski definition) is 4. The molecule has 2 aromatic rings. The highest BCUT2D eigenvalue weighted by atomic mass is 16.2. The van der Waals surface area contributed by atoms with Gasteiger partial charge in [-0.3, -0.25) is 14.6 Å². The first-order valence-corrected chi connectivity index (χ1v) is 12.4. The molecule has 7 heteroatoms. The van der Waals surface area contributed by atoms with Crippen LogP contribution in [0.4, 0.5) is 11.4 Å². The number of hydrogen-bond donors (Lipinski definition) is 1. The van der Waals surface area contributed by atoms with E-state index in [2.05, 4.69) is 36.1 Å². The average Bonchev–Trinajstić information content (AvgIpc) is 3.29. The van der Waals surface area contributed by atoms with Crippen LogP contribution in [0.1, 0.15) is 50.3 Å². The van der Waals surface area contributed by atoms with Crippen LogP contribution in [0.3, 0.4) is 0 Å². The molecule has 1 aliphatic rings. The number of likely N-dealkylation sites (N-methyl/N-ethyl adjacent to an activating group) is 1. The second-order valence-electron chi connectivity index (χ2n) is 9.53. The Morgan fingerprint density at radius 1 is 1.11 bits per heavy atom. The maximum absolute atomic E-state index is 13.4. The summed E-state index contributed by atoms with van der Waals surface area (Å²) in [7, 11) is 1.79. The van der Waals surface area contributed by atoms with E-state index in [1.165, 1.54) is 11.1 Å². The van der Waals surface area contributed by atoms with Crippen molar-refractivity contribution in [1.29, 1.82) is 0 Å². The van der Waals surface area contributed by atoms with Crippen molar-refractivity contribution in [2.24, 2.45) is 5.92 Å². The molecule has 0 fully saturated rings. The molecule has 35 heavy (non-hydrogen) atoms. The number of benzene rings is 2. The Balaban J connectivity index is 1.74. The van der Waals surface area contributed by atoms with Gasteiger partial charge in [0.05, 0.1) is 19.7 Å². The molecule has 2 aromatic carbocycles. The highest BCUT2D eigenvalue weighted by molar-refractivity contribution is 5.87. The molecule has 3 rings (SSSR count). The predicted octanol–water partition coefficient (Wildman–Crippen LogP) is 4.55. The zero-order chi connectivity index (χ0) is 25.4. The Morgan fingerprint density at radius 3 is 2.40 bits per heavy atom. The van der Waals surface area contributed by atoms with Crippen LogP contribution in [0.25, 0.3) is 4.85 Å². The summed E-state index contributed by atoms with van der Waals surface area (Å²) in [5.41, 5.74) is 4.72. The van der Waals surface area contributed by atoms with Crippen LogP contribution in [-0.4, -0.2) is 48.5 Å². The van der Waals surface area contributed by atoms with Gasteiger partial charge in [0.2, 0.25) is 5.91 Å². The van der Waals surface area contributed by atoms with E-state index in [1.54, 1.807) is 24.2 Å². The first-order valence-electron chi connectivity index (χ1n) is 12.4. The van der Waals surface area contributed by atoms with Crippen LogP contribution >= 0.6 is 0 Å². The van der Waals surface area contributed by atoms with Crippen molar-refractivity contribution in [3.8, 4) is 0 Å². The molecule has 0 saturated carbocycles. The van der Waals surface area contributed by atoms with Gasteiger partial charge in [-0.05, 0) is 47.9 Å². The van der Waals surface area contributed by atoms with Gasteiger partial charge < -0.3 is 10.2 Å². The molecule has 0 saturated heterocycles. The van der Waals surface area contributed by atoms with Gasteiger partial charge in [-0.15, -0.1) is 0 Å². The Morgan fingerprint density at radius 2 is 1.80 bits per heavy atom. The Labute approximate surface area is 209 Å². The summed E-state index contributed by atoms with van der Waals surface area (Å²) in [4.78, 5) is 31.6. The average molecular weight is 476 g/mol. The lowest BCUT2D eigenvalue weighted by Gasteiger charge is -2.32. The predicted molar refractivity (Wildman–Crippen MR) is 140 cm³/mol. The fraction of sp³-hybridized carbons (Fsp3) is 0.464. The van der Waals surface area contributed by atoms with Crippen LogP contribution in [-0.2, 0) is 29.1 Å². The van der Waals surface area contributed by atoms with Crippen LogP contribution in [0.15, 0.2) is 42.5 Å². The fourth-order valence-corrected chi connectivity index (χ4v) is 4.36. The lowest BCUT2D eigenvalue weighted by Crippen LogP contribution is -2.48. The van der Waals surface area contributed by atoms with Gasteiger partial charge >= 0.3 is 0 Å². The second kappa shape index (κ2) is 12.4. The molecule has 0 radical (unpaired) electrons. The maximum Gasteiger partial charge on any atom is 0.256 e. The van der Waals surface area contributed by atoms with Gasteiger partial charge in [0.25, 0.3) is 5.91 Å². The third-order valence-electron chi connectivity index (χ3n) is 6.47. The van der Waals surface area contributed by atoms with Crippen molar-refractivity contribution in [2.45, 2.75) is 53.1 Å². The molecule has 0 spiro atoms. The van der Waals surface area contributed by atoms with E-state index in [0.29, 0.717) is 31.2 Å². The number of anilines is 1. The van der Waals surface area contributed by atoms with E-state index in [-0.39, 0.29) is 24.9 Å². The first-order chi connectivity index (χ1) is 16.8. The molecule has 2 amide bonds. The van der Waals surface area contributed by atoms with Gasteiger partial charge in [0.15, 0.2) is 5.69 Å². The first kappa shape index (κ1) is 26.2. The number of nitrogens with one attached hydrogen (secondary N) is 1. The summed E-state index contributed by atoms with van der Waals surface area (Å²) in [6.45, 7) is 15.9. The molecule has 0 atom stereocenters. The molecular formula is C28H37N5O2. The van der Waals surface area contributed by atoms with E-state index in [9.17, 15) is 9.59 Å². The van der Waals surface area contributed by atoms with Crippen LogP contribution in [0.2, 0.25) is 0 Å². The Bertz CT molecular complexity index is 1050. The summed E-state index contributed by atoms with van der Waals surface area (Å²) in [5.74, 6) is 0.380. The van der Waals surface area contributed by atoms with E-state index in [4.69, 9.17) is 6.57 Å². The van der Waals surface area contributed by atoms with Crippen molar-refractivity contribution in [3.05, 3.63) is 70.6 Å². The summed E-state index contributed by atoms with van der Waals surface area (Å²) in [5, 5.41) is 6.68. The molecule has 0 aromatic heterocycles. The zero-order valence-electron chi connectivity index (χ0n) is 21.4. The van der Waals surface area contributed by atoms with E-state index in [0.717, 1.165) is 30.5 Å². The third-order valence-corrected chi connectivity index (χ3v) is 6.47. The number of fused-ring (bicyclic) bond motifs is 1. The number of amides is 2. The summed E-state index contributed by atoms with van der Waals surface area (Å²) < 4.78 is 0. The van der Waals surface area contributed by atoms with Crippen molar-refractivity contribution < 1.29 is 9.59 Å². The number of nitrogens with zero attached hydrogens (tertiary/aromatic N) is 4. The zero-order valence-corrected chi connectivity index (χ0v) is 21.4. The molecule has 1 aliphatic heterocycles. The molecule has 0 aliphatic carbocycles. The quantitative estimate of drug-likeness (QED) is 0.383. The molecule has 1 N–H and O–H groups in total. The normalized spacial score (nSPS) is 12.8. The summed E-state index contributed by atoms with van der Waals surface area (Å²) in [6.07, 6.45) is 2.72. The molecule has 1 heterocycles. The number of hydrazine groups is 1. The van der Waals surface area contributed by atoms with Crippen molar-refractivity contribution >= 4 is 23.2 Å². The van der Waals surface area contributed by atoms with Crippen LogP contribution < -0.4 is 10.2 Å². The van der Waals surface area contributed by atoms with Gasteiger partial charge in [-0.2, -0.15) is 0 Å². The van der Waals surface area contributed by atoms with Gasteiger partial charge in [-0.25, -0.2) is 9.85 Å². The number of carbonyl (C=O) groups is 2. The van der Waals surface area contributed by atoms with Crippen molar-refractivity contribution in [2.75, 3.05) is 31.6 Å².